The Morgan fingerprint density at radius 2 is 2.05 bits per heavy atom. The van der Waals surface area contributed by atoms with Gasteiger partial charge in [0.2, 0.25) is 5.91 Å². The fraction of sp³-hybridized carbons (Fsp3) is 0.267. The molecule has 0 saturated heterocycles. The second-order valence-corrected chi connectivity index (χ2v) is 4.11. The van der Waals surface area contributed by atoms with E-state index in [1.54, 1.807) is 12.3 Å². The molecule has 0 saturated carbocycles. The first-order valence-corrected chi connectivity index (χ1v) is 6.28. The van der Waals surface area contributed by atoms with Crippen molar-refractivity contribution in [1.29, 1.82) is 0 Å². The maximum absolute atomic E-state index is 11.7. The lowest BCUT2D eigenvalue weighted by Gasteiger charge is -2.05. The van der Waals surface area contributed by atoms with Gasteiger partial charge in [-0.05, 0) is 36.8 Å². The van der Waals surface area contributed by atoms with Gasteiger partial charge in [-0.3, -0.25) is 4.79 Å². The number of benzene rings is 1. The second-order valence-electron chi connectivity index (χ2n) is 4.11. The third kappa shape index (κ3) is 4.17. The normalized spacial score (nSPS) is 10.2. The van der Waals surface area contributed by atoms with Gasteiger partial charge < -0.3 is 14.5 Å². The Bertz CT molecular complexity index is 503. The summed E-state index contributed by atoms with van der Waals surface area (Å²) in [6.45, 7) is 3.00. The summed E-state index contributed by atoms with van der Waals surface area (Å²) in [5.74, 6) is 1.54. The van der Waals surface area contributed by atoms with Gasteiger partial charge in [0.05, 0.1) is 25.8 Å². The smallest absolute Gasteiger partial charge is 0.224 e. The summed E-state index contributed by atoms with van der Waals surface area (Å²) in [7, 11) is 0. The Morgan fingerprint density at radius 1 is 1.26 bits per heavy atom. The summed E-state index contributed by atoms with van der Waals surface area (Å²) >= 11 is 0. The second kappa shape index (κ2) is 6.64. The summed E-state index contributed by atoms with van der Waals surface area (Å²) in [6.07, 6.45) is 1.95. The molecule has 0 atom stereocenters. The van der Waals surface area contributed by atoms with E-state index in [0.717, 1.165) is 17.1 Å². The molecule has 0 radical (unpaired) electrons. The highest BCUT2D eigenvalue weighted by Gasteiger charge is 2.04. The third-order valence-electron chi connectivity index (χ3n) is 2.64. The van der Waals surface area contributed by atoms with Crippen LogP contribution in [-0.2, 0) is 17.8 Å². The molecule has 4 nitrogen and oxygen atoms in total. The zero-order valence-electron chi connectivity index (χ0n) is 10.9. The minimum absolute atomic E-state index is 0.0273. The van der Waals surface area contributed by atoms with Gasteiger partial charge in [-0.25, -0.2) is 0 Å². The number of rotatable bonds is 6. The molecule has 100 valence electrons. The molecular weight excluding hydrogens is 242 g/mol. The largest absolute Gasteiger partial charge is 0.494 e. The van der Waals surface area contributed by atoms with Gasteiger partial charge in [0, 0.05) is 0 Å². The van der Waals surface area contributed by atoms with Crippen LogP contribution in [0.25, 0.3) is 0 Å². The van der Waals surface area contributed by atoms with E-state index in [1.165, 1.54) is 0 Å². The van der Waals surface area contributed by atoms with Gasteiger partial charge in [-0.1, -0.05) is 12.1 Å². The summed E-state index contributed by atoms with van der Waals surface area (Å²) in [6, 6.07) is 11.2. The summed E-state index contributed by atoms with van der Waals surface area (Å²) < 4.78 is 10.5. The van der Waals surface area contributed by atoms with Gasteiger partial charge in [-0.2, -0.15) is 0 Å². The molecule has 0 unspecified atom stereocenters. The van der Waals surface area contributed by atoms with Crippen LogP contribution in [0.15, 0.2) is 47.1 Å². The van der Waals surface area contributed by atoms with Gasteiger partial charge in [0.15, 0.2) is 0 Å². The van der Waals surface area contributed by atoms with E-state index in [2.05, 4.69) is 5.32 Å². The molecule has 19 heavy (non-hydrogen) atoms. The van der Waals surface area contributed by atoms with Gasteiger partial charge >= 0.3 is 0 Å². The van der Waals surface area contributed by atoms with E-state index in [4.69, 9.17) is 9.15 Å². The first kappa shape index (κ1) is 13.2. The van der Waals surface area contributed by atoms with E-state index < -0.39 is 0 Å². The van der Waals surface area contributed by atoms with Gasteiger partial charge in [-0.15, -0.1) is 0 Å². The average molecular weight is 259 g/mol. The van der Waals surface area contributed by atoms with Crippen molar-refractivity contribution in [3.05, 3.63) is 54.0 Å². The maximum atomic E-state index is 11.7. The molecule has 0 fully saturated rings. The van der Waals surface area contributed by atoms with Crippen LogP contribution in [0.4, 0.5) is 0 Å². The van der Waals surface area contributed by atoms with E-state index in [1.807, 2.05) is 37.3 Å². The highest BCUT2D eigenvalue weighted by Crippen LogP contribution is 2.12. The summed E-state index contributed by atoms with van der Waals surface area (Å²) in [5, 5.41) is 2.81. The van der Waals surface area contributed by atoms with Crippen molar-refractivity contribution in [2.45, 2.75) is 19.9 Å². The zero-order valence-corrected chi connectivity index (χ0v) is 10.9. The molecule has 4 heteroatoms. The molecule has 0 bridgehead atoms. The van der Waals surface area contributed by atoms with Crippen molar-refractivity contribution in [2.24, 2.45) is 0 Å². The lowest BCUT2D eigenvalue weighted by atomic mass is 10.1. The number of carbonyl (C=O) groups is 1. The molecule has 0 aliphatic rings. The van der Waals surface area contributed by atoms with Crippen LogP contribution in [0.1, 0.15) is 18.2 Å². The molecule has 1 aromatic heterocycles. The number of furan rings is 1. The fourth-order valence-corrected chi connectivity index (χ4v) is 1.72. The Kier molecular flexibility index (Phi) is 4.61. The van der Waals surface area contributed by atoms with Crippen molar-refractivity contribution in [2.75, 3.05) is 6.61 Å². The first-order valence-electron chi connectivity index (χ1n) is 6.28. The Morgan fingerprint density at radius 3 is 2.68 bits per heavy atom. The van der Waals surface area contributed by atoms with Crippen LogP contribution in [0.3, 0.4) is 0 Å². The number of carbonyl (C=O) groups excluding carboxylic acids is 1. The topological polar surface area (TPSA) is 51.5 Å². The Labute approximate surface area is 112 Å². The SMILES string of the molecule is CCOc1ccc(CC(=O)NCc2ccco2)cc1. The predicted molar refractivity (Wildman–Crippen MR) is 71.9 cm³/mol. The number of amides is 1. The average Bonchev–Trinajstić information content (AvgIpc) is 2.92. The number of hydrogen-bond acceptors (Lipinski definition) is 3. The van der Waals surface area contributed by atoms with Crippen molar-refractivity contribution < 1.29 is 13.9 Å². The molecule has 0 aliphatic heterocycles. The maximum Gasteiger partial charge on any atom is 0.224 e. The van der Waals surface area contributed by atoms with Crippen molar-refractivity contribution in [3.63, 3.8) is 0 Å². The zero-order chi connectivity index (χ0) is 13.5. The fourth-order valence-electron chi connectivity index (χ4n) is 1.72. The van der Waals surface area contributed by atoms with Crippen molar-refractivity contribution in [1.82, 2.24) is 5.32 Å². The predicted octanol–water partition coefficient (Wildman–Crippen LogP) is 2.54. The standard InChI is InChI=1S/C15H17NO3/c1-2-18-13-7-5-12(6-8-13)10-15(17)16-11-14-4-3-9-19-14/h3-9H,2,10-11H2,1H3,(H,16,17). The van der Waals surface area contributed by atoms with Crippen LogP contribution >= 0.6 is 0 Å². The molecule has 1 heterocycles. The number of hydrogen-bond donors (Lipinski definition) is 1. The molecule has 2 aromatic rings. The van der Waals surface area contributed by atoms with Crippen molar-refractivity contribution >= 4 is 5.91 Å². The molecule has 0 aliphatic carbocycles. The van der Waals surface area contributed by atoms with Crippen LogP contribution < -0.4 is 10.1 Å². The van der Waals surface area contributed by atoms with Gasteiger partial charge in [0.25, 0.3) is 0 Å². The Hall–Kier alpha value is -2.23. The van der Waals surface area contributed by atoms with Gasteiger partial charge in [0.1, 0.15) is 11.5 Å². The Balaban J connectivity index is 1.81. The molecule has 1 amide bonds. The minimum atomic E-state index is -0.0273. The first-order chi connectivity index (χ1) is 9.28. The van der Waals surface area contributed by atoms with Crippen LogP contribution in [0.5, 0.6) is 5.75 Å². The minimum Gasteiger partial charge on any atom is -0.494 e. The van der Waals surface area contributed by atoms with Crippen LogP contribution in [0.2, 0.25) is 0 Å². The number of nitrogens with one attached hydrogen (secondary N) is 1. The van der Waals surface area contributed by atoms with Crippen molar-refractivity contribution in [3.8, 4) is 5.75 Å². The van der Waals surface area contributed by atoms with Crippen LogP contribution in [0, 0.1) is 0 Å². The van der Waals surface area contributed by atoms with E-state index in [0.29, 0.717) is 19.6 Å². The quantitative estimate of drug-likeness (QED) is 0.867. The van der Waals surface area contributed by atoms with E-state index >= 15 is 0 Å². The molecule has 1 aromatic carbocycles. The molecule has 0 spiro atoms. The van der Waals surface area contributed by atoms with E-state index in [9.17, 15) is 4.79 Å². The van der Waals surface area contributed by atoms with Crippen LogP contribution in [-0.4, -0.2) is 12.5 Å². The lowest BCUT2D eigenvalue weighted by Crippen LogP contribution is -2.24. The monoisotopic (exact) mass is 259 g/mol. The highest BCUT2D eigenvalue weighted by atomic mass is 16.5. The molecular formula is C15H17NO3. The third-order valence-corrected chi connectivity index (χ3v) is 2.64. The highest BCUT2D eigenvalue weighted by molar-refractivity contribution is 5.78. The summed E-state index contributed by atoms with van der Waals surface area (Å²) in [4.78, 5) is 11.7. The summed E-state index contributed by atoms with van der Waals surface area (Å²) in [5.41, 5.74) is 0.959. The lowest BCUT2D eigenvalue weighted by molar-refractivity contribution is -0.120. The molecule has 2 rings (SSSR count). The molecule has 1 N–H and O–H groups in total. The number of ether oxygens (including phenoxy) is 1. The van der Waals surface area contributed by atoms with E-state index in [-0.39, 0.29) is 5.91 Å².